The molecule has 0 heterocycles. The number of fused-ring (bicyclic) bond motifs is 3. The monoisotopic (exact) mass is 460 g/mol. The van der Waals surface area contributed by atoms with Crippen molar-refractivity contribution in [3.8, 4) is 11.1 Å². The minimum absolute atomic E-state index is 0.0115. The van der Waals surface area contributed by atoms with Crippen LogP contribution >= 0.6 is 0 Å². The molecule has 0 spiro atoms. The summed E-state index contributed by atoms with van der Waals surface area (Å²) in [6, 6.07) is 16.0. The number of benzene rings is 2. The molecule has 3 aliphatic rings. The lowest BCUT2D eigenvalue weighted by Crippen LogP contribution is -2.42. The molecule has 34 heavy (non-hydrogen) atoms. The number of amides is 2. The lowest BCUT2D eigenvalue weighted by molar-refractivity contribution is -0.143. The molecule has 0 aliphatic heterocycles. The Morgan fingerprint density at radius 2 is 1.65 bits per heavy atom. The third kappa shape index (κ3) is 4.30. The molecule has 1 fully saturated rings. The molecule has 0 bridgehead atoms. The molecule has 0 saturated heterocycles. The standard InChI is InChI=1S/C27H28N2O5/c30-24(28-16-27(12-13-27)25(31)32)17-6-5-7-18(14-17)29-26(33)34-15-23-21-10-3-1-8-19(21)20-9-2-4-11-22(20)23/h1-5,7-11,17-18,23H,6,12-16H2,(H,28,30)(H,29,33)(H,31,32)/t17-,18-/m1/s1. The van der Waals surface area contributed by atoms with Crippen molar-refractivity contribution in [3.63, 3.8) is 0 Å². The lowest BCUT2D eigenvalue weighted by Gasteiger charge is -2.25. The van der Waals surface area contributed by atoms with Gasteiger partial charge in [0.15, 0.2) is 0 Å². The molecule has 7 heteroatoms. The molecule has 0 unspecified atom stereocenters. The van der Waals surface area contributed by atoms with Gasteiger partial charge in [0, 0.05) is 18.4 Å². The minimum atomic E-state index is -0.855. The molecular weight excluding hydrogens is 432 g/mol. The quantitative estimate of drug-likeness (QED) is 0.545. The van der Waals surface area contributed by atoms with Crippen LogP contribution in [-0.4, -0.2) is 42.3 Å². The number of nitrogens with one attached hydrogen (secondary N) is 2. The zero-order valence-electron chi connectivity index (χ0n) is 18.8. The van der Waals surface area contributed by atoms with Gasteiger partial charge in [0.05, 0.1) is 11.5 Å². The number of carbonyl (C=O) groups is 3. The van der Waals surface area contributed by atoms with E-state index in [-0.39, 0.29) is 36.9 Å². The van der Waals surface area contributed by atoms with E-state index in [4.69, 9.17) is 4.74 Å². The van der Waals surface area contributed by atoms with Gasteiger partial charge in [-0.05, 0) is 47.9 Å². The van der Waals surface area contributed by atoms with Gasteiger partial charge in [-0.15, -0.1) is 0 Å². The van der Waals surface area contributed by atoms with Crippen LogP contribution in [0.4, 0.5) is 4.79 Å². The first-order chi connectivity index (χ1) is 16.5. The van der Waals surface area contributed by atoms with Crippen molar-refractivity contribution in [2.75, 3.05) is 13.2 Å². The topological polar surface area (TPSA) is 105 Å². The minimum Gasteiger partial charge on any atom is -0.481 e. The van der Waals surface area contributed by atoms with Crippen LogP contribution < -0.4 is 10.6 Å². The number of hydrogen-bond donors (Lipinski definition) is 3. The third-order valence-electron chi connectivity index (χ3n) is 7.25. The number of hydrogen-bond acceptors (Lipinski definition) is 4. The van der Waals surface area contributed by atoms with E-state index < -0.39 is 17.5 Å². The van der Waals surface area contributed by atoms with E-state index in [0.717, 1.165) is 11.1 Å². The third-order valence-corrected chi connectivity index (χ3v) is 7.25. The number of aliphatic carboxylic acids is 1. The van der Waals surface area contributed by atoms with Crippen molar-refractivity contribution < 1.29 is 24.2 Å². The van der Waals surface area contributed by atoms with Gasteiger partial charge in [0.2, 0.25) is 5.91 Å². The Hall–Kier alpha value is -3.61. The molecule has 0 aromatic heterocycles. The number of carboxylic acid groups (broad SMARTS) is 1. The van der Waals surface area contributed by atoms with Crippen LogP contribution in [0, 0.1) is 11.3 Å². The fourth-order valence-electron chi connectivity index (χ4n) is 5.02. The van der Waals surface area contributed by atoms with Gasteiger partial charge in [-0.1, -0.05) is 60.7 Å². The summed E-state index contributed by atoms with van der Waals surface area (Å²) in [4.78, 5) is 36.5. The summed E-state index contributed by atoms with van der Waals surface area (Å²) in [6.07, 6.45) is 5.46. The zero-order valence-corrected chi connectivity index (χ0v) is 18.8. The maximum absolute atomic E-state index is 12.6. The first-order valence-electron chi connectivity index (χ1n) is 11.8. The Balaban J connectivity index is 1.14. The number of rotatable bonds is 7. The van der Waals surface area contributed by atoms with Crippen LogP contribution in [0.2, 0.25) is 0 Å². The second-order valence-corrected chi connectivity index (χ2v) is 9.48. The van der Waals surface area contributed by atoms with Crippen LogP contribution in [0.1, 0.15) is 42.7 Å². The highest BCUT2D eigenvalue weighted by Crippen LogP contribution is 2.45. The van der Waals surface area contributed by atoms with Crippen molar-refractivity contribution in [2.24, 2.45) is 11.3 Å². The Kier molecular flexibility index (Phi) is 5.86. The Bertz CT molecular complexity index is 1110. The fourth-order valence-corrected chi connectivity index (χ4v) is 5.02. The van der Waals surface area contributed by atoms with Gasteiger partial charge in [-0.3, -0.25) is 9.59 Å². The highest BCUT2D eigenvalue weighted by Gasteiger charge is 2.50. The van der Waals surface area contributed by atoms with E-state index in [0.29, 0.717) is 25.7 Å². The SMILES string of the molecule is O=C(N[C@@H]1C=CC[C@@H](C(=O)NCC2(C(=O)O)CC2)C1)OCC1c2ccccc2-c2ccccc21. The summed E-state index contributed by atoms with van der Waals surface area (Å²) in [5, 5.41) is 14.9. The summed E-state index contributed by atoms with van der Waals surface area (Å²) in [5.74, 6) is -1.35. The predicted octanol–water partition coefficient (Wildman–Crippen LogP) is 3.84. The van der Waals surface area contributed by atoms with Crippen LogP contribution in [0.15, 0.2) is 60.7 Å². The van der Waals surface area contributed by atoms with Crippen molar-refractivity contribution in [2.45, 2.75) is 37.6 Å². The van der Waals surface area contributed by atoms with E-state index in [1.165, 1.54) is 11.1 Å². The average Bonchev–Trinajstić information content (AvgIpc) is 3.58. The van der Waals surface area contributed by atoms with E-state index in [1.54, 1.807) is 0 Å². The van der Waals surface area contributed by atoms with Crippen LogP contribution in [0.25, 0.3) is 11.1 Å². The Morgan fingerprint density at radius 1 is 1.00 bits per heavy atom. The van der Waals surface area contributed by atoms with Gasteiger partial charge in [0.1, 0.15) is 6.61 Å². The number of alkyl carbamates (subject to hydrolysis) is 1. The zero-order chi connectivity index (χ0) is 23.7. The van der Waals surface area contributed by atoms with E-state index >= 15 is 0 Å². The predicted molar refractivity (Wildman–Crippen MR) is 126 cm³/mol. The Labute approximate surface area is 198 Å². The second-order valence-electron chi connectivity index (χ2n) is 9.48. The van der Waals surface area contributed by atoms with Crippen molar-refractivity contribution in [1.29, 1.82) is 0 Å². The molecule has 3 N–H and O–H groups in total. The molecule has 0 radical (unpaired) electrons. The first-order valence-corrected chi connectivity index (χ1v) is 11.8. The molecule has 7 nitrogen and oxygen atoms in total. The molecule has 2 atom stereocenters. The molecule has 176 valence electrons. The molecule has 2 amide bonds. The number of allylic oxidation sites excluding steroid dienone is 1. The fraction of sp³-hybridized carbons (Fsp3) is 0.370. The summed E-state index contributed by atoms with van der Waals surface area (Å²) < 4.78 is 5.62. The van der Waals surface area contributed by atoms with Crippen LogP contribution in [-0.2, 0) is 14.3 Å². The molecular formula is C27H28N2O5. The van der Waals surface area contributed by atoms with Crippen molar-refractivity contribution >= 4 is 18.0 Å². The molecule has 2 aromatic rings. The summed E-state index contributed by atoms with van der Waals surface area (Å²) >= 11 is 0. The summed E-state index contributed by atoms with van der Waals surface area (Å²) in [5.41, 5.74) is 3.86. The Morgan fingerprint density at radius 3 is 2.26 bits per heavy atom. The normalized spacial score (nSPS) is 21.8. The first kappa shape index (κ1) is 22.2. The lowest BCUT2D eigenvalue weighted by atomic mass is 9.90. The van der Waals surface area contributed by atoms with E-state index in [2.05, 4.69) is 34.9 Å². The van der Waals surface area contributed by atoms with Crippen molar-refractivity contribution in [3.05, 3.63) is 71.8 Å². The number of carboxylic acids is 1. The van der Waals surface area contributed by atoms with Gasteiger partial charge >= 0.3 is 12.1 Å². The van der Waals surface area contributed by atoms with E-state index in [9.17, 15) is 19.5 Å². The highest BCUT2D eigenvalue weighted by molar-refractivity contribution is 5.82. The number of ether oxygens (including phenoxy) is 1. The maximum Gasteiger partial charge on any atom is 0.407 e. The number of carbonyl (C=O) groups excluding carboxylic acids is 2. The largest absolute Gasteiger partial charge is 0.481 e. The second kappa shape index (κ2) is 8.97. The van der Waals surface area contributed by atoms with Gasteiger partial charge in [-0.25, -0.2) is 4.79 Å². The van der Waals surface area contributed by atoms with Gasteiger partial charge in [0.25, 0.3) is 0 Å². The van der Waals surface area contributed by atoms with Crippen LogP contribution in [0.3, 0.4) is 0 Å². The molecule has 5 rings (SSSR count). The average molecular weight is 461 g/mol. The summed E-state index contributed by atoms with van der Waals surface area (Å²) in [7, 11) is 0. The smallest absolute Gasteiger partial charge is 0.407 e. The van der Waals surface area contributed by atoms with Crippen LogP contribution in [0.5, 0.6) is 0 Å². The summed E-state index contributed by atoms with van der Waals surface area (Å²) in [6.45, 7) is 0.392. The van der Waals surface area contributed by atoms with E-state index in [1.807, 2.05) is 36.4 Å². The maximum atomic E-state index is 12.6. The van der Waals surface area contributed by atoms with Gasteiger partial charge < -0.3 is 20.5 Å². The molecule has 2 aromatic carbocycles. The molecule has 3 aliphatic carbocycles. The van der Waals surface area contributed by atoms with Gasteiger partial charge in [-0.2, -0.15) is 0 Å². The van der Waals surface area contributed by atoms with Crippen molar-refractivity contribution in [1.82, 2.24) is 10.6 Å². The molecule has 1 saturated carbocycles. The highest BCUT2D eigenvalue weighted by atomic mass is 16.5.